The third kappa shape index (κ3) is 8.08. The van der Waals surface area contributed by atoms with Gasteiger partial charge in [0.15, 0.2) is 5.84 Å². The molecule has 1 aliphatic heterocycles. The zero-order valence-electron chi connectivity index (χ0n) is 29.9. The molecule has 0 spiro atoms. The topological polar surface area (TPSA) is 81.5 Å². The van der Waals surface area contributed by atoms with E-state index in [1.54, 1.807) is 0 Å². The van der Waals surface area contributed by atoms with Crippen molar-refractivity contribution in [3.63, 3.8) is 0 Å². The van der Waals surface area contributed by atoms with Gasteiger partial charge in [-0.3, -0.25) is 0 Å². The predicted octanol–water partition coefficient (Wildman–Crippen LogP) is 12.3. The Bertz CT molecular complexity index is 2550. The van der Waals surface area contributed by atoms with Crippen molar-refractivity contribution >= 4 is 17.2 Å². The first kappa shape index (κ1) is 34.5. The lowest BCUT2D eigenvalue weighted by atomic mass is 9.93. The first-order valence-electron chi connectivity index (χ1n) is 18.1. The van der Waals surface area contributed by atoms with Crippen LogP contribution >= 0.6 is 0 Å². The number of rotatable bonds is 8. The summed E-state index contributed by atoms with van der Waals surface area (Å²) in [5.41, 5.74) is 12.4. The van der Waals surface area contributed by atoms with Crippen LogP contribution in [0.4, 0.5) is 0 Å². The van der Waals surface area contributed by atoms with Crippen molar-refractivity contribution in [1.82, 2.24) is 0 Å². The Kier molecular flexibility index (Phi) is 10.0. The van der Waals surface area contributed by atoms with E-state index in [4.69, 9.17) is 14.7 Å². The van der Waals surface area contributed by atoms with Gasteiger partial charge in [0.2, 0.25) is 0 Å². The molecule has 0 N–H and O–H groups in total. The number of ether oxygens (including phenoxy) is 1. The number of hydrogen-bond acceptors (Lipinski definition) is 5. The molecule has 0 amide bonds. The molecule has 0 saturated carbocycles. The molecule has 0 bridgehead atoms. The minimum atomic E-state index is 0.617. The van der Waals surface area contributed by atoms with Gasteiger partial charge in [-0.2, -0.15) is 10.5 Å². The van der Waals surface area contributed by atoms with Gasteiger partial charge in [-0.25, -0.2) is 9.98 Å². The molecule has 0 aromatic heterocycles. The number of nitriles is 2. The SMILES string of the molecule is N#Cc1ccc(-c2cc(-c3ccc(C#N)cc3)cc(-c3ccc(Oc4ccc(C5=N/C(c6ccccc6)=C\CC/C(c6ccccc6)=N\5)cc4)cc3)c2)cc1. The van der Waals surface area contributed by atoms with Crippen molar-refractivity contribution in [3.05, 3.63) is 210 Å². The smallest absolute Gasteiger partial charge is 0.160 e. The molecule has 260 valence electrons. The third-order valence-corrected chi connectivity index (χ3v) is 9.53. The third-order valence-electron chi connectivity index (χ3n) is 9.53. The van der Waals surface area contributed by atoms with E-state index in [9.17, 15) is 10.5 Å². The molecule has 1 heterocycles. The Balaban J connectivity index is 1.06. The van der Waals surface area contributed by atoms with Crippen molar-refractivity contribution in [2.75, 3.05) is 0 Å². The monoisotopic (exact) mass is 706 g/mol. The lowest BCUT2D eigenvalue weighted by molar-refractivity contribution is 0.483. The normalized spacial score (nSPS) is 15.3. The summed E-state index contributed by atoms with van der Waals surface area (Å²) in [7, 11) is 0. The molecule has 55 heavy (non-hydrogen) atoms. The molecule has 0 atom stereocenters. The first-order valence-corrected chi connectivity index (χ1v) is 18.1. The minimum Gasteiger partial charge on any atom is -0.457 e. The van der Waals surface area contributed by atoms with Gasteiger partial charge >= 0.3 is 0 Å². The van der Waals surface area contributed by atoms with Gasteiger partial charge in [-0.15, -0.1) is 0 Å². The van der Waals surface area contributed by atoms with Gasteiger partial charge in [-0.1, -0.05) is 103 Å². The lowest BCUT2D eigenvalue weighted by Gasteiger charge is -2.14. The first-order chi connectivity index (χ1) is 27.1. The number of allylic oxidation sites excluding steroid dienone is 1. The Morgan fingerprint density at radius 1 is 0.418 bits per heavy atom. The summed E-state index contributed by atoms with van der Waals surface area (Å²) in [6.07, 6.45) is 3.86. The van der Waals surface area contributed by atoms with Crippen molar-refractivity contribution < 1.29 is 4.74 Å². The summed E-state index contributed by atoms with van der Waals surface area (Å²) in [4.78, 5) is 10.2. The van der Waals surface area contributed by atoms with E-state index in [0.717, 1.165) is 74.3 Å². The van der Waals surface area contributed by atoms with Crippen molar-refractivity contribution in [2.24, 2.45) is 9.98 Å². The summed E-state index contributed by atoms with van der Waals surface area (Å²) in [6, 6.07) is 62.6. The molecule has 5 nitrogen and oxygen atoms in total. The van der Waals surface area contributed by atoms with Crippen molar-refractivity contribution in [3.8, 4) is 57.0 Å². The van der Waals surface area contributed by atoms with Gasteiger partial charge in [0.05, 0.1) is 34.7 Å². The van der Waals surface area contributed by atoms with E-state index in [1.165, 1.54) is 0 Å². The van der Waals surface area contributed by atoms with Crippen LogP contribution in [0, 0.1) is 22.7 Å². The molecule has 8 rings (SSSR count). The summed E-state index contributed by atoms with van der Waals surface area (Å²) in [5.74, 6) is 2.09. The molecule has 0 unspecified atom stereocenters. The molecule has 0 saturated heterocycles. The number of hydrogen-bond donors (Lipinski definition) is 0. The van der Waals surface area contributed by atoms with Crippen molar-refractivity contribution in [2.45, 2.75) is 12.8 Å². The van der Waals surface area contributed by atoms with Gasteiger partial charge in [0.1, 0.15) is 11.5 Å². The van der Waals surface area contributed by atoms with E-state index < -0.39 is 0 Å². The summed E-state index contributed by atoms with van der Waals surface area (Å²) >= 11 is 0. The quantitative estimate of drug-likeness (QED) is 0.158. The standard InChI is InChI=1S/C50H34N4O/c51-33-35-14-18-37(19-15-35)43-30-44(38-20-16-36(34-52)17-21-38)32-45(31-43)39-22-26-46(27-23-39)55-47-28-24-42(25-29-47)50-53-48(40-8-3-1-4-9-40)12-7-13-49(54-50)41-10-5-2-6-11-41/h1-6,8-12,14-32H,7,13H2/b48-12-,53-50-,54-49+. The fraction of sp³-hybridized carbons (Fsp3) is 0.0400. The molecule has 7 aromatic rings. The van der Waals surface area contributed by atoms with Crippen LogP contribution in [0.15, 0.2) is 192 Å². The van der Waals surface area contributed by atoms with E-state index in [-0.39, 0.29) is 0 Å². The van der Waals surface area contributed by atoms with Gasteiger partial charge in [0.25, 0.3) is 0 Å². The van der Waals surface area contributed by atoms with Crippen LogP contribution in [0.1, 0.15) is 40.7 Å². The highest BCUT2D eigenvalue weighted by molar-refractivity contribution is 6.14. The highest BCUT2D eigenvalue weighted by Crippen LogP contribution is 2.35. The molecule has 1 aliphatic rings. The van der Waals surface area contributed by atoms with E-state index in [0.29, 0.717) is 28.5 Å². The highest BCUT2D eigenvalue weighted by atomic mass is 16.5. The summed E-state index contributed by atoms with van der Waals surface area (Å²) in [6.45, 7) is 0. The maximum atomic E-state index is 9.32. The molecular formula is C50H34N4O. The van der Waals surface area contributed by atoms with Crippen LogP contribution in [0.2, 0.25) is 0 Å². The zero-order valence-corrected chi connectivity index (χ0v) is 29.9. The number of amidine groups is 1. The van der Waals surface area contributed by atoms with Crippen LogP contribution < -0.4 is 4.74 Å². The second-order valence-electron chi connectivity index (χ2n) is 13.2. The molecule has 7 aromatic carbocycles. The maximum Gasteiger partial charge on any atom is 0.160 e. The Morgan fingerprint density at radius 3 is 1.33 bits per heavy atom. The maximum absolute atomic E-state index is 9.32. The molecule has 0 radical (unpaired) electrons. The summed E-state index contributed by atoms with van der Waals surface area (Å²) < 4.78 is 6.33. The second-order valence-corrected chi connectivity index (χ2v) is 13.2. The van der Waals surface area contributed by atoms with Crippen LogP contribution in [0.5, 0.6) is 11.5 Å². The zero-order chi connectivity index (χ0) is 37.4. The van der Waals surface area contributed by atoms with Gasteiger partial charge < -0.3 is 4.74 Å². The van der Waals surface area contributed by atoms with Crippen LogP contribution in [0.25, 0.3) is 39.1 Å². The summed E-state index contributed by atoms with van der Waals surface area (Å²) in [5, 5.41) is 18.6. The van der Waals surface area contributed by atoms with E-state index >= 15 is 0 Å². The molecule has 5 heteroatoms. The van der Waals surface area contributed by atoms with Crippen molar-refractivity contribution in [1.29, 1.82) is 10.5 Å². The van der Waals surface area contributed by atoms with E-state index in [1.807, 2.05) is 121 Å². The Hall–Kier alpha value is -7.60. The Labute approximate surface area is 321 Å². The van der Waals surface area contributed by atoms with Crippen LogP contribution in [-0.4, -0.2) is 11.5 Å². The van der Waals surface area contributed by atoms with Gasteiger partial charge in [-0.05, 0) is 136 Å². The highest BCUT2D eigenvalue weighted by Gasteiger charge is 2.14. The average molecular weight is 707 g/mol. The number of aliphatic imine (C=N–C) groups is 2. The lowest BCUT2D eigenvalue weighted by Crippen LogP contribution is -2.09. The predicted molar refractivity (Wildman–Crippen MR) is 222 cm³/mol. The van der Waals surface area contributed by atoms with Crippen LogP contribution in [-0.2, 0) is 0 Å². The van der Waals surface area contributed by atoms with Crippen LogP contribution in [0.3, 0.4) is 0 Å². The average Bonchev–Trinajstić information content (AvgIpc) is 3.25. The number of nitrogens with zero attached hydrogens (tertiary/aromatic N) is 4. The largest absolute Gasteiger partial charge is 0.457 e. The minimum absolute atomic E-state index is 0.617. The molecule has 0 fully saturated rings. The second kappa shape index (κ2) is 16.0. The molecule has 0 aliphatic carbocycles. The van der Waals surface area contributed by atoms with Gasteiger partial charge in [0, 0.05) is 5.56 Å². The molecular weight excluding hydrogens is 673 g/mol. The fourth-order valence-electron chi connectivity index (χ4n) is 6.60. The Morgan fingerprint density at radius 2 is 0.855 bits per heavy atom. The fourth-order valence-corrected chi connectivity index (χ4v) is 6.60. The van der Waals surface area contributed by atoms with E-state index in [2.05, 4.69) is 72.8 Å². The number of benzene rings is 7.